The molecule has 0 nitrogen and oxygen atoms in total. The fourth-order valence-corrected chi connectivity index (χ4v) is 8.87. The Hall–Kier alpha value is -1.08. The monoisotopic (exact) mass is 309 g/mol. The minimum Gasteiger partial charge on any atom is -0.0757 e. The van der Waals surface area contributed by atoms with Crippen molar-refractivity contribution in [2.24, 2.45) is 5.92 Å². The van der Waals surface area contributed by atoms with Gasteiger partial charge < -0.3 is 0 Å². The maximum absolute atomic E-state index is 2.62. The Kier molecular flexibility index (Phi) is 4.72. The van der Waals surface area contributed by atoms with Crippen molar-refractivity contribution in [2.45, 2.75) is 58.0 Å². The van der Waals surface area contributed by atoms with E-state index in [1.165, 1.54) is 37.7 Å². The van der Waals surface area contributed by atoms with E-state index in [2.05, 4.69) is 69.0 Å². The second kappa shape index (κ2) is 6.58. The second-order valence-electron chi connectivity index (χ2n) is 7.49. The van der Waals surface area contributed by atoms with Gasteiger partial charge in [-0.2, -0.15) is 0 Å². The summed E-state index contributed by atoms with van der Waals surface area (Å²) < 4.78 is 0. The molecule has 1 fully saturated rings. The van der Waals surface area contributed by atoms with Gasteiger partial charge in [0.1, 0.15) is 8.07 Å². The van der Waals surface area contributed by atoms with Gasteiger partial charge in [-0.3, -0.25) is 0 Å². The molecular weight excluding hydrogens is 280 g/mol. The third kappa shape index (κ3) is 2.88. The van der Waals surface area contributed by atoms with Crippen LogP contribution in [0, 0.1) is 11.5 Å². The molecule has 1 heteroatoms. The Balaban J connectivity index is 1.99. The standard InChI is InChI=1S/C21H29Si/c1-17(2)18-14-15-21(16-18)22(3,19-10-6-4-7-11-19)20-12-8-5-9-13-20/h4,6-7,10-11,14-17,20H,5,8-9,12-13H2,1-3H3. The lowest BCUT2D eigenvalue weighted by molar-refractivity contribution is 0.494. The molecular formula is C21H29Si. The molecule has 1 unspecified atom stereocenters. The van der Waals surface area contributed by atoms with E-state index in [-0.39, 0.29) is 0 Å². The van der Waals surface area contributed by atoms with Crippen LogP contribution >= 0.6 is 0 Å². The summed E-state index contributed by atoms with van der Waals surface area (Å²) in [5.41, 5.74) is 4.08. The van der Waals surface area contributed by atoms with Crippen molar-refractivity contribution in [1.82, 2.24) is 0 Å². The molecule has 1 radical (unpaired) electrons. The van der Waals surface area contributed by atoms with Gasteiger partial charge in [-0.15, -0.1) is 0 Å². The first-order valence-electron chi connectivity index (χ1n) is 8.95. The van der Waals surface area contributed by atoms with E-state index >= 15 is 0 Å². The molecule has 0 N–H and O–H groups in total. The van der Waals surface area contributed by atoms with E-state index in [1.807, 2.05) is 0 Å². The van der Waals surface area contributed by atoms with Crippen molar-refractivity contribution >= 4 is 13.3 Å². The van der Waals surface area contributed by atoms with E-state index in [0.717, 1.165) is 5.54 Å². The van der Waals surface area contributed by atoms with E-state index in [4.69, 9.17) is 0 Å². The zero-order valence-electron chi connectivity index (χ0n) is 14.3. The summed E-state index contributed by atoms with van der Waals surface area (Å²) in [4.78, 5) is 0. The third-order valence-electron chi connectivity index (χ3n) is 5.84. The molecule has 117 valence electrons. The molecule has 0 bridgehead atoms. The smallest absolute Gasteiger partial charge is 0.0757 e. The number of benzene rings is 1. The lowest BCUT2D eigenvalue weighted by atomic mass is 10.0. The van der Waals surface area contributed by atoms with Crippen molar-refractivity contribution in [2.75, 3.05) is 0 Å². The zero-order chi connectivity index (χ0) is 15.6. The molecule has 2 aliphatic rings. The van der Waals surface area contributed by atoms with Crippen LogP contribution in [0.5, 0.6) is 0 Å². The predicted molar refractivity (Wildman–Crippen MR) is 99.8 cm³/mol. The van der Waals surface area contributed by atoms with Crippen molar-refractivity contribution < 1.29 is 0 Å². The summed E-state index contributed by atoms with van der Waals surface area (Å²) in [7, 11) is -1.63. The maximum atomic E-state index is 2.62. The summed E-state index contributed by atoms with van der Waals surface area (Å²) in [5.74, 6) is 0.633. The van der Waals surface area contributed by atoms with Gasteiger partial charge >= 0.3 is 0 Å². The highest BCUT2D eigenvalue weighted by atomic mass is 28.3. The van der Waals surface area contributed by atoms with Gasteiger partial charge in [-0.05, 0) is 17.0 Å². The Labute approximate surface area is 137 Å². The van der Waals surface area contributed by atoms with Crippen LogP contribution < -0.4 is 5.19 Å². The molecule has 1 aromatic rings. The highest BCUT2D eigenvalue weighted by molar-refractivity contribution is 6.97. The van der Waals surface area contributed by atoms with E-state index in [9.17, 15) is 0 Å². The molecule has 1 atom stereocenters. The molecule has 1 aromatic carbocycles. The molecule has 1 saturated carbocycles. The van der Waals surface area contributed by atoms with Gasteiger partial charge in [-0.1, -0.05) is 106 Å². The van der Waals surface area contributed by atoms with Crippen molar-refractivity contribution in [3.63, 3.8) is 0 Å². The van der Waals surface area contributed by atoms with Crippen molar-refractivity contribution in [3.05, 3.63) is 59.7 Å². The first-order valence-corrected chi connectivity index (χ1v) is 11.5. The Morgan fingerprint density at radius 3 is 2.23 bits per heavy atom. The predicted octanol–water partition coefficient (Wildman–Crippen LogP) is 5.57. The summed E-state index contributed by atoms with van der Waals surface area (Å²) in [6.45, 7) is 7.24. The number of hydrogen-bond donors (Lipinski definition) is 0. The fourth-order valence-electron chi connectivity index (χ4n) is 4.25. The van der Waals surface area contributed by atoms with Gasteiger partial charge in [0.15, 0.2) is 0 Å². The Bertz CT molecular complexity index is 549. The van der Waals surface area contributed by atoms with Gasteiger partial charge in [0.2, 0.25) is 0 Å². The van der Waals surface area contributed by atoms with Crippen LogP contribution in [0.3, 0.4) is 0 Å². The molecule has 0 aromatic heterocycles. The lowest BCUT2D eigenvalue weighted by Crippen LogP contribution is -2.53. The van der Waals surface area contributed by atoms with Crippen molar-refractivity contribution in [3.8, 4) is 0 Å². The topological polar surface area (TPSA) is 0 Å². The zero-order valence-corrected chi connectivity index (χ0v) is 15.3. The number of allylic oxidation sites excluding steroid dienone is 4. The van der Waals surface area contributed by atoms with Crippen LogP contribution in [0.1, 0.15) is 46.0 Å². The largest absolute Gasteiger partial charge is 0.102 e. The summed E-state index contributed by atoms with van der Waals surface area (Å²) in [5, 5.41) is 1.63. The van der Waals surface area contributed by atoms with Gasteiger partial charge in [-0.25, -0.2) is 0 Å². The normalized spacial score (nSPS) is 22.8. The molecule has 0 aliphatic heterocycles. The van der Waals surface area contributed by atoms with Crippen LogP contribution in [0.4, 0.5) is 0 Å². The molecule has 0 spiro atoms. The third-order valence-corrected chi connectivity index (χ3v) is 11.1. The molecule has 22 heavy (non-hydrogen) atoms. The molecule has 2 aliphatic carbocycles. The molecule has 0 amide bonds. The first-order chi connectivity index (χ1) is 10.6. The van der Waals surface area contributed by atoms with E-state index in [0.29, 0.717) is 5.92 Å². The summed E-state index contributed by atoms with van der Waals surface area (Å²) >= 11 is 0. The van der Waals surface area contributed by atoms with Crippen LogP contribution in [-0.4, -0.2) is 8.07 Å². The molecule has 3 rings (SSSR count). The fraction of sp³-hybridized carbons (Fsp3) is 0.476. The molecule has 0 heterocycles. The SMILES string of the molecule is CC(C)C1=C[C]([Si](C)(c2ccccc2)C2CCCCC2)C=C1. The Morgan fingerprint density at radius 1 is 0.955 bits per heavy atom. The highest BCUT2D eigenvalue weighted by Gasteiger charge is 2.44. The van der Waals surface area contributed by atoms with Gasteiger partial charge in [0, 0.05) is 5.54 Å². The van der Waals surface area contributed by atoms with E-state index in [1.54, 1.807) is 10.7 Å². The van der Waals surface area contributed by atoms with Crippen LogP contribution in [-0.2, 0) is 0 Å². The number of rotatable bonds is 4. The van der Waals surface area contributed by atoms with E-state index < -0.39 is 8.07 Å². The lowest BCUT2D eigenvalue weighted by Gasteiger charge is -2.41. The quantitative estimate of drug-likeness (QED) is 0.638. The number of hydrogen-bond acceptors (Lipinski definition) is 0. The van der Waals surface area contributed by atoms with Crippen LogP contribution in [0.2, 0.25) is 12.1 Å². The Morgan fingerprint density at radius 2 is 1.64 bits per heavy atom. The highest BCUT2D eigenvalue weighted by Crippen LogP contribution is 2.44. The second-order valence-corrected chi connectivity index (χ2v) is 11.9. The van der Waals surface area contributed by atoms with Crippen molar-refractivity contribution in [1.29, 1.82) is 0 Å². The average molecular weight is 310 g/mol. The average Bonchev–Trinajstić information content (AvgIpc) is 3.06. The molecule has 0 saturated heterocycles. The minimum atomic E-state index is -1.63. The first kappa shape index (κ1) is 15.8. The maximum Gasteiger partial charge on any atom is 0.102 e. The van der Waals surface area contributed by atoms with Gasteiger partial charge in [0.05, 0.1) is 0 Å². The minimum absolute atomic E-state index is 0.633. The van der Waals surface area contributed by atoms with Gasteiger partial charge in [0.25, 0.3) is 0 Å². The van der Waals surface area contributed by atoms with Crippen LogP contribution in [0.15, 0.2) is 54.1 Å². The van der Waals surface area contributed by atoms with Crippen LogP contribution in [0.25, 0.3) is 0 Å². The summed E-state index contributed by atoms with van der Waals surface area (Å²) in [6.07, 6.45) is 14.5. The summed E-state index contributed by atoms with van der Waals surface area (Å²) in [6, 6.07) is 11.4.